The van der Waals surface area contributed by atoms with Crippen molar-refractivity contribution in [2.75, 3.05) is 0 Å². The van der Waals surface area contributed by atoms with Crippen molar-refractivity contribution < 1.29 is 4.39 Å². The van der Waals surface area contributed by atoms with Gasteiger partial charge in [-0.1, -0.05) is 37.3 Å². The van der Waals surface area contributed by atoms with E-state index in [9.17, 15) is 4.39 Å². The molecule has 0 saturated heterocycles. The summed E-state index contributed by atoms with van der Waals surface area (Å²) in [7, 11) is 0. The second-order valence-electron chi connectivity index (χ2n) is 5.30. The summed E-state index contributed by atoms with van der Waals surface area (Å²) in [6, 6.07) is 3.08. The van der Waals surface area contributed by atoms with Crippen LogP contribution in [0.2, 0.25) is 5.02 Å². The van der Waals surface area contributed by atoms with Gasteiger partial charge in [0.25, 0.3) is 0 Å². The quantitative estimate of drug-likeness (QED) is 0.784. The van der Waals surface area contributed by atoms with E-state index in [0.29, 0.717) is 4.77 Å². The molecule has 19 heavy (non-hydrogen) atoms. The van der Waals surface area contributed by atoms with Crippen LogP contribution in [0.25, 0.3) is 11.0 Å². The molecule has 1 aliphatic rings. The largest absolute Gasteiger partial charge is 0.331 e. The van der Waals surface area contributed by atoms with Crippen LogP contribution < -0.4 is 0 Å². The monoisotopic (exact) mass is 298 g/mol. The molecule has 0 radical (unpaired) electrons. The zero-order chi connectivity index (χ0) is 13.4. The average molecular weight is 299 g/mol. The molecule has 0 spiro atoms. The molecule has 102 valence electrons. The third-order valence-electron chi connectivity index (χ3n) is 4.05. The Bertz CT molecular complexity index is 655. The first kappa shape index (κ1) is 13.1. The number of halogens is 2. The van der Waals surface area contributed by atoms with Gasteiger partial charge in [-0.05, 0) is 30.6 Å². The van der Waals surface area contributed by atoms with Gasteiger partial charge in [0.15, 0.2) is 4.77 Å². The Morgan fingerprint density at radius 2 is 2.11 bits per heavy atom. The molecule has 2 aromatic rings. The third kappa shape index (κ3) is 2.56. The predicted molar refractivity (Wildman–Crippen MR) is 78.7 cm³/mol. The van der Waals surface area contributed by atoms with Gasteiger partial charge in [0.05, 0.1) is 16.1 Å². The number of aromatic nitrogens is 2. The van der Waals surface area contributed by atoms with Gasteiger partial charge in [-0.15, -0.1) is 0 Å². The van der Waals surface area contributed by atoms with E-state index in [1.165, 1.54) is 31.7 Å². The normalized spacial score (nSPS) is 16.5. The molecular formula is C14H16ClFN2S. The lowest BCUT2D eigenvalue weighted by Gasteiger charge is -2.10. The van der Waals surface area contributed by atoms with Gasteiger partial charge in [0.2, 0.25) is 0 Å². The van der Waals surface area contributed by atoms with Crippen LogP contribution in [0.4, 0.5) is 4.39 Å². The summed E-state index contributed by atoms with van der Waals surface area (Å²) in [5.41, 5.74) is 1.62. The number of nitrogens with one attached hydrogen (secondary N) is 1. The fraction of sp³-hybridized carbons (Fsp3) is 0.500. The number of nitrogens with zero attached hydrogens (tertiary/aromatic N) is 1. The summed E-state index contributed by atoms with van der Waals surface area (Å²) in [4.78, 5) is 3.10. The van der Waals surface area contributed by atoms with Crippen LogP contribution in [0.5, 0.6) is 0 Å². The van der Waals surface area contributed by atoms with Gasteiger partial charge < -0.3 is 9.55 Å². The molecule has 0 atom stereocenters. The molecule has 1 aromatic carbocycles. The molecular weight excluding hydrogens is 283 g/mol. The summed E-state index contributed by atoms with van der Waals surface area (Å²) in [6.45, 7) is 0.852. The lowest BCUT2D eigenvalue weighted by molar-refractivity contribution is 0.460. The number of rotatable bonds is 3. The van der Waals surface area contributed by atoms with Crippen LogP contribution >= 0.6 is 23.8 Å². The zero-order valence-electron chi connectivity index (χ0n) is 10.6. The van der Waals surface area contributed by atoms with Crippen LogP contribution in [-0.2, 0) is 6.54 Å². The maximum absolute atomic E-state index is 13.6. The number of aryl methyl sites for hydroxylation is 1. The minimum absolute atomic E-state index is 0.131. The number of H-pyrrole nitrogens is 1. The molecule has 1 aromatic heterocycles. The molecule has 1 saturated carbocycles. The van der Waals surface area contributed by atoms with Crippen molar-refractivity contribution in [2.45, 2.75) is 38.6 Å². The van der Waals surface area contributed by atoms with Crippen LogP contribution in [0.15, 0.2) is 12.1 Å². The van der Waals surface area contributed by atoms with E-state index in [4.69, 9.17) is 23.8 Å². The van der Waals surface area contributed by atoms with Crippen LogP contribution in [-0.4, -0.2) is 9.55 Å². The van der Waals surface area contributed by atoms with E-state index in [1.54, 1.807) is 6.07 Å². The topological polar surface area (TPSA) is 20.7 Å². The van der Waals surface area contributed by atoms with Gasteiger partial charge in [-0.2, -0.15) is 0 Å². The van der Waals surface area contributed by atoms with Gasteiger partial charge in [-0.3, -0.25) is 0 Å². The lowest BCUT2D eigenvalue weighted by Crippen LogP contribution is -2.03. The van der Waals surface area contributed by atoms with Crippen LogP contribution in [0.3, 0.4) is 0 Å². The van der Waals surface area contributed by atoms with Crippen LogP contribution in [0.1, 0.15) is 32.1 Å². The molecule has 0 aliphatic heterocycles. The number of imidazole rings is 1. The first-order chi connectivity index (χ1) is 9.15. The highest BCUT2D eigenvalue weighted by Crippen LogP contribution is 2.29. The summed E-state index contributed by atoms with van der Waals surface area (Å²) in [5, 5.41) is 0.131. The van der Waals surface area contributed by atoms with E-state index in [1.807, 2.05) is 4.57 Å². The molecule has 1 heterocycles. The maximum atomic E-state index is 13.6. The summed E-state index contributed by atoms with van der Waals surface area (Å²) in [6.07, 6.45) is 6.43. The molecule has 2 nitrogen and oxygen atoms in total. The minimum atomic E-state index is -0.391. The number of hydrogen-bond acceptors (Lipinski definition) is 1. The molecule has 1 aliphatic carbocycles. The smallest absolute Gasteiger partial charge is 0.178 e. The Hall–Kier alpha value is -0.870. The predicted octanol–water partition coefficient (Wildman–Crippen LogP) is 5.07. The Morgan fingerprint density at radius 3 is 2.84 bits per heavy atom. The maximum Gasteiger partial charge on any atom is 0.178 e. The van der Waals surface area contributed by atoms with Crippen LogP contribution in [0, 0.1) is 16.5 Å². The zero-order valence-corrected chi connectivity index (χ0v) is 12.2. The van der Waals surface area contributed by atoms with Crippen molar-refractivity contribution in [1.29, 1.82) is 0 Å². The standard InChI is InChI=1S/C14H16ClFN2S/c15-10-7-12-13(8-11(10)16)18(14(19)17-12)6-5-9-3-1-2-4-9/h7-9H,1-6H2,(H,17,19). The van der Waals surface area contributed by atoms with Crippen molar-refractivity contribution in [2.24, 2.45) is 5.92 Å². The van der Waals surface area contributed by atoms with E-state index >= 15 is 0 Å². The first-order valence-electron chi connectivity index (χ1n) is 6.72. The van der Waals surface area contributed by atoms with E-state index in [2.05, 4.69) is 4.98 Å². The number of aromatic amines is 1. The molecule has 0 amide bonds. The molecule has 5 heteroatoms. The summed E-state index contributed by atoms with van der Waals surface area (Å²) < 4.78 is 16.2. The van der Waals surface area contributed by atoms with Crippen molar-refractivity contribution in [3.05, 3.63) is 27.7 Å². The molecule has 0 bridgehead atoms. The Labute approximate surface area is 121 Å². The molecule has 3 rings (SSSR count). The highest BCUT2D eigenvalue weighted by molar-refractivity contribution is 7.71. The Kier molecular flexibility index (Phi) is 3.63. The number of fused-ring (bicyclic) bond motifs is 1. The lowest BCUT2D eigenvalue weighted by atomic mass is 10.0. The molecule has 1 fully saturated rings. The van der Waals surface area contributed by atoms with Crippen molar-refractivity contribution in [3.8, 4) is 0 Å². The van der Waals surface area contributed by atoms with Crippen molar-refractivity contribution in [1.82, 2.24) is 9.55 Å². The number of hydrogen-bond donors (Lipinski definition) is 1. The summed E-state index contributed by atoms with van der Waals surface area (Å²) in [5.74, 6) is 0.404. The number of benzene rings is 1. The SMILES string of the molecule is Fc1cc2c(cc1Cl)[nH]c(=S)n2CCC1CCCC1. The highest BCUT2D eigenvalue weighted by atomic mass is 35.5. The first-order valence-corrected chi connectivity index (χ1v) is 7.51. The van der Waals surface area contributed by atoms with Gasteiger partial charge in [-0.25, -0.2) is 4.39 Å². The van der Waals surface area contributed by atoms with E-state index in [-0.39, 0.29) is 5.02 Å². The molecule has 1 N–H and O–H groups in total. The summed E-state index contributed by atoms with van der Waals surface area (Å²) >= 11 is 11.1. The molecule has 0 unspecified atom stereocenters. The van der Waals surface area contributed by atoms with Crippen molar-refractivity contribution in [3.63, 3.8) is 0 Å². The fourth-order valence-corrected chi connectivity index (χ4v) is 3.45. The van der Waals surface area contributed by atoms with Gasteiger partial charge in [0, 0.05) is 12.6 Å². The Balaban J connectivity index is 1.91. The highest BCUT2D eigenvalue weighted by Gasteiger charge is 2.16. The minimum Gasteiger partial charge on any atom is -0.331 e. The van der Waals surface area contributed by atoms with Gasteiger partial charge in [0.1, 0.15) is 5.82 Å². The third-order valence-corrected chi connectivity index (χ3v) is 4.66. The van der Waals surface area contributed by atoms with E-state index in [0.717, 1.165) is 29.9 Å². The van der Waals surface area contributed by atoms with E-state index < -0.39 is 5.82 Å². The van der Waals surface area contributed by atoms with Gasteiger partial charge >= 0.3 is 0 Å². The second-order valence-corrected chi connectivity index (χ2v) is 6.10. The van der Waals surface area contributed by atoms with Crippen molar-refractivity contribution >= 4 is 34.9 Å². The Morgan fingerprint density at radius 1 is 1.37 bits per heavy atom. The average Bonchev–Trinajstić information content (AvgIpc) is 2.96. The second kappa shape index (κ2) is 5.25. The fourth-order valence-electron chi connectivity index (χ4n) is 2.98.